The van der Waals surface area contributed by atoms with Crippen LogP contribution in [0.1, 0.15) is 21.6 Å². The number of halogens is 3. The highest BCUT2D eigenvalue weighted by Gasteiger charge is 2.30. The van der Waals surface area contributed by atoms with Gasteiger partial charge < -0.3 is 20.5 Å². The monoisotopic (exact) mass is 411 g/mol. The first-order chi connectivity index (χ1) is 13.5. The van der Waals surface area contributed by atoms with Crippen LogP contribution in [0, 0.1) is 0 Å². The Morgan fingerprint density at radius 1 is 1.17 bits per heavy atom. The smallest absolute Gasteiger partial charge is 0.397 e. The lowest BCUT2D eigenvalue weighted by atomic mass is 10.1. The number of carbonyl (C=O) groups is 2. The third-order valence-corrected chi connectivity index (χ3v) is 3.85. The second-order valence-corrected chi connectivity index (χ2v) is 6.24. The number of benzene rings is 1. The fraction of sp³-hybridized carbons (Fsp3) is 0.235. The van der Waals surface area contributed by atoms with Gasteiger partial charge >= 0.3 is 6.18 Å². The summed E-state index contributed by atoms with van der Waals surface area (Å²) in [6.45, 7) is 0. The summed E-state index contributed by atoms with van der Waals surface area (Å²) in [7, 11) is 4.46. The molecule has 0 aliphatic rings. The number of aromatic nitrogens is 2. The molecule has 2 amide bonds. The maximum atomic E-state index is 12.7. The van der Waals surface area contributed by atoms with E-state index in [9.17, 15) is 22.8 Å². The molecule has 0 aliphatic carbocycles. The van der Waals surface area contributed by atoms with Gasteiger partial charge in [0.1, 0.15) is 0 Å². The molecule has 1 heterocycles. The van der Waals surface area contributed by atoms with E-state index in [-0.39, 0.29) is 23.2 Å². The second kappa shape index (κ2) is 8.22. The first kappa shape index (κ1) is 21.8. The molecule has 0 atom stereocenters. The van der Waals surface area contributed by atoms with Crippen LogP contribution in [0.3, 0.4) is 0 Å². The van der Waals surface area contributed by atoms with Crippen LogP contribution in [0.15, 0.2) is 30.5 Å². The molecule has 0 fully saturated rings. The number of hydrogen-bond donors (Lipinski definition) is 3. The topological polar surface area (TPSA) is 125 Å². The molecule has 9 nitrogen and oxygen atoms in total. The Hall–Kier alpha value is -3.54. The minimum Gasteiger partial charge on any atom is -0.397 e. The maximum Gasteiger partial charge on any atom is 0.416 e. The van der Waals surface area contributed by atoms with E-state index in [0.717, 1.165) is 22.0 Å². The van der Waals surface area contributed by atoms with Crippen LogP contribution in [0.25, 0.3) is 5.70 Å². The first-order valence-electron chi connectivity index (χ1n) is 8.14. The van der Waals surface area contributed by atoms with Crippen molar-refractivity contribution in [2.45, 2.75) is 6.18 Å². The summed E-state index contributed by atoms with van der Waals surface area (Å²) >= 11 is 0. The Balaban J connectivity index is 2.34. The minimum absolute atomic E-state index is 0.00578. The molecular weight excluding hydrogens is 391 g/mol. The molecule has 2 rings (SSSR count). The summed E-state index contributed by atoms with van der Waals surface area (Å²) < 4.78 is 38.0. The van der Waals surface area contributed by atoms with Crippen molar-refractivity contribution in [2.24, 2.45) is 11.6 Å². The summed E-state index contributed by atoms with van der Waals surface area (Å²) in [5, 5.41) is 0.960. The minimum atomic E-state index is -4.46. The summed E-state index contributed by atoms with van der Waals surface area (Å²) in [5.74, 6) is 5.50. The lowest BCUT2D eigenvalue weighted by Crippen LogP contribution is -2.27. The van der Waals surface area contributed by atoms with E-state index < -0.39 is 17.6 Å². The Bertz CT molecular complexity index is 920. The van der Waals surface area contributed by atoms with Crippen LogP contribution in [-0.2, 0) is 11.0 Å². The SMILES string of the molecule is CN(C)C(=O)c1[nH]c(N(N)/C=C(\N)c2ccc(C(F)(F)F)cc2)nc1N(C)C=O. The van der Waals surface area contributed by atoms with Crippen molar-refractivity contribution in [3.63, 3.8) is 0 Å². The highest BCUT2D eigenvalue weighted by atomic mass is 19.4. The first-order valence-corrected chi connectivity index (χ1v) is 8.14. The molecule has 0 bridgehead atoms. The van der Waals surface area contributed by atoms with E-state index in [1.807, 2.05) is 0 Å². The van der Waals surface area contributed by atoms with Crippen molar-refractivity contribution in [3.8, 4) is 0 Å². The predicted molar refractivity (Wildman–Crippen MR) is 101 cm³/mol. The van der Waals surface area contributed by atoms with Crippen LogP contribution < -0.4 is 21.5 Å². The molecule has 0 saturated heterocycles. The van der Waals surface area contributed by atoms with E-state index in [0.29, 0.717) is 12.0 Å². The van der Waals surface area contributed by atoms with Crippen molar-refractivity contribution in [2.75, 3.05) is 31.1 Å². The van der Waals surface area contributed by atoms with Gasteiger partial charge in [-0.15, -0.1) is 0 Å². The lowest BCUT2D eigenvalue weighted by Gasteiger charge is -2.13. The Morgan fingerprint density at radius 3 is 2.24 bits per heavy atom. The van der Waals surface area contributed by atoms with Crippen molar-refractivity contribution < 1.29 is 22.8 Å². The molecular formula is C17H20F3N7O2. The number of aromatic amines is 1. The molecule has 0 spiro atoms. The highest BCUT2D eigenvalue weighted by Crippen LogP contribution is 2.29. The average Bonchev–Trinajstić information content (AvgIpc) is 3.11. The van der Waals surface area contributed by atoms with Gasteiger partial charge in [-0.1, -0.05) is 12.1 Å². The van der Waals surface area contributed by atoms with Gasteiger partial charge in [0.05, 0.1) is 11.3 Å². The van der Waals surface area contributed by atoms with E-state index >= 15 is 0 Å². The number of nitrogens with zero attached hydrogens (tertiary/aromatic N) is 4. The number of rotatable bonds is 6. The number of H-pyrrole nitrogens is 1. The summed E-state index contributed by atoms with van der Waals surface area (Å²) in [5.41, 5.74) is 5.48. The summed E-state index contributed by atoms with van der Waals surface area (Å²) in [6, 6.07) is 4.21. The molecule has 29 heavy (non-hydrogen) atoms. The average molecular weight is 411 g/mol. The van der Waals surface area contributed by atoms with Gasteiger partial charge in [-0.05, 0) is 17.7 Å². The molecule has 2 aromatic rings. The number of hydrazine groups is 1. The maximum absolute atomic E-state index is 12.7. The predicted octanol–water partition coefficient (Wildman–Crippen LogP) is 1.36. The zero-order chi connectivity index (χ0) is 21.9. The fourth-order valence-corrected chi connectivity index (χ4v) is 2.29. The standard InChI is InChI=1S/C17H20F3N7O2/c1-25(2)15(29)13-14(26(3)9-28)24-16(23-13)27(22)8-12(21)10-4-6-11(7-5-10)17(18,19)20/h4-9H,21-22H2,1-3H3,(H,23,24)/b12-8-. The van der Waals surface area contributed by atoms with Crippen molar-refractivity contribution in [1.82, 2.24) is 14.9 Å². The van der Waals surface area contributed by atoms with Crippen molar-refractivity contribution in [3.05, 3.63) is 47.3 Å². The Labute approximate surface area is 164 Å². The van der Waals surface area contributed by atoms with Gasteiger partial charge in [-0.2, -0.15) is 18.2 Å². The Kier molecular flexibility index (Phi) is 6.17. The van der Waals surface area contributed by atoms with Gasteiger partial charge in [0.25, 0.3) is 5.91 Å². The van der Waals surface area contributed by atoms with Crippen molar-refractivity contribution >= 4 is 29.8 Å². The molecule has 0 aliphatic heterocycles. The number of nitrogens with one attached hydrogen (secondary N) is 1. The van der Waals surface area contributed by atoms with E-state index in [4.69, 9.17) is 11.6 Å². The van der Waals surface area contributed by atoms with Crippen LogP contribution >= 0.6 is 0 Å². The van der Waals surface area contributed by atoms with Crippen LogP contribution in [0.2, 0.25) is 0 Å². The number of anilines is 2. The summed E-state index contributed by atoms with van der Waals surface area (Å²) in [4.78, 5) is 32.6. The van der Waals surface area contributed by atoms with E-state index in [1.54, 1.807) is 0 Å². The molecule has 12 heteroatoms. The third-order valence-electron chi connectivity index (χ3n) is 3.85. The second-order valence-electron chi connectivity index (χ2n) is 6.24. The van der Waals surface area contributed by atoms with Gasteiger partial charge in [0.15, 0.2) is 11.5 Å². The largest absolute Gasteiger partial charge is 0.416 e. The molecule has 0 radical (unpaired) electrons. The molecule has 156 valence electrons. The zero-order valence-electron chi connectivity index (χ0n) is 15.9. The molecule has 0 saturated carbocycles. The van der Waals surface area contributed by atoms with Crippen LogP contribution in [0.5, 0.6) is 0 Å². The number of alkyl halides is 3. The number of nitrogens with two attached hydrogens (primary N) is 2. The van der Waals surface area contributed by atoms with Gasteiger partial charge in [-0.25, -0.2) is 5.84 Å². The number of imidazole rings is 1. The quantitative estimate of drug-likeness (QED) is 0.375. The molecule has 1 aromatic carbocycles. The lowest BCUT2D eigenvalue weighted by molar-refractivity contribution is -0.137. The van der Waals surface area contributed by atoms with E-state index in [2.05, 4.69) is 9.97 Å². The molecule has 5 N–H and O–H groups in total. The number of hydrogen-bond acceptors (Lipinski definition) is 6. The molecule has 1 aromatic heterocycles. The zero-order valence-corrected chi connectivity index (χ0v) is 15.9. The third kappa shape index (κ3) is 4.85. The molecule has 0 unspecified atom stereocenters. The summed E-state index contributed by atoms with van der Waals surface area (Å²) in [6.07, 6.45) is -2.77. The normalized spacial score (nSPS) is 11.9. The fourth-order valence-electron chi connectivity index (χ4n) is 2.29. The van der Waals surface area contributed by atoms with E-state index in [1.165, 1.54) is 44.4 Å². The van der Waals surface area contributed by atoms with Crippen LogP contribution in [0.4, 0.5) is 24.9 Å². The highest BCUT2D eigenvalue weighted by molar-refractivity contribution is 5.99. The van der Waals surface area contributed by atoms with Gasteiger partial charge in [0, 0.05) is 27.3 Å². The van der Waals surface area contributed by atoms with Gasteiger partial charge in [-0.3, -0.25) is 14.6 Å². The number of amides is 2. The van der Waals surface area contributed by atoms with Gasteiger partial charge in [0.2, 0.25) is 12.4 Å². The Morgan fingerprint density at radius 2 is 1.76 bits per heavy atom. The van der Waals surface area contributed by atoms with Crippen LogP contribution in [-0.4, -0.2) is 48.3 Å². The van der Waals surface area contributed by atoms with Crippen molar-refractivity contribution in [1.29, 1.82) is 0 Å². The number of carbonyl (C=O) groups excluding carboxylic acids is 2.